The minimum Gasteiger partial charge on any atom is -0.381 e. The Balaban J connectivity index is 2.02. The van der Waals surface area contributed by atoms with Gasteiger partial charge in [0, 0.05) is 19.1 Å². The predicted octanol–water partition coefficient (Wildman–Crippen LogP) is 3.05. The zero-order valence-electron chi connectivity index (χ0n) is 9.58. The Kier molecular flexibility index (Phi) is 2.80. The summed E-state index contributed by atoms with van der Waals surface area (Å²) in [6, 6.07) is 0. The molecule has 3 nitrogen and oxygen atoms in total. The van der Waals surface area contributed by atoms with Crippen LogP contribution in [0.5, 0.6) is 0 Å². The summed E-state index contributed by atoms with van der Waals surface area (Å²) in [4.78, 5) is 4.72. The maximum atomic E-state index is 5.47. The summed E-state index contributed by atoms with van der Waals surface area (Å²) in [6.45, 7) is 5.16. The highest BCUT2D eigenvalue weighted by Crippen LogP contribution is 2.36. The SMILES string of the molecule is CC1CCCn2c(C3CCOC3)nc(Br)c21. The van der Waals surface area contributed by atoms with Crippen molar-refractivity contribution in [2.45, 2.75) is 44.6 Å². The van der Waals surface area contributed by atoms with Gasteiger partial charge in [-0.15, -0.1) is 0 Å². The molecule has 2 aliphatic rings. The molecule has 2 aliphatic heterocycles. The van der Waals surface area contributed by atoms with Crippen LogP contribution >= 0.6 is 15.9 Å². The highest BCUT2D eigenvalue weighted by molar-refractivity contribution is 9.10. The van der Waals surface area contributed by atoms with Gasteiger partial charge >= 0.3 is 0 Å². The molecule has 88 valence electrons. The average Bonchev–Trinajstić information content (AvgIpc) is 2.86. The molecule has 1 aromatic heterocycles. The van der Waals surface area contributed by atoms with Crippen LogP contribution < -0.4 is 0 Å². The van der Waals surface area contributed by atoms with Crippen molar-refractivity contribution in [3.05, 3.63) is 16.1 Å². The molecular weight excluding hydrogens is 268 g/mol. The third kappa shape index (κ3) is 1.63. The Morgan fingerprint density at radius 1 is 1.44 bits per heavy atom. The van der Waals surface area contributed by atoms with Crippen molar-refractivity contribution in [3.63, 3.8) is 0 Å². The Morgan fingerprint density at radius 3 is 3.06 bits per heavy atom. The Bertz CT molecular complexity index is 396. The van der Waals surface area contributed by atoms with E-state index in [1.165, 1.54) is 24.4 Å². The zero-order valence-corrected chi connectivity index (χ0v) is 11.2. The molecule has 0 N–H and O–H groups in total. The molecule has 3 heterocycles. The molecule has 0 radical (unpaired) electrons. The molecule has 0 aromatic carbocycles. The minimum absolute atomic E-state index is 0.510. The maximum Gasteiger partial charge on any atom is 0.127 e. The van der Waals surface area contributed by atoms with Crippen LogP contribution in [0.3, 0.4) is 0 Å². The van der Waals surface area contributed by atoms with Crippen LogP contribution in [0.1, 0.15) is 49.5 Å². The monoisotopic (exact) mass is 284 g/mol. The standard InChI is InChI=1S/C12H17BrN2O/c1-8-3-2-5-15-10(8)11(13)14-12(15)9-4-6-16-7-9/h8-9H,2-7H2,1H3. The second-order valence-corrected chi connectivity index (χ2v) is 5.65. The highest BCUT2D eigenvalue weighted by atomic mass is 79.9. The van der Waals surface area contributed by atoms with Crippen LogP contribution in [0, 0.1) is 0 Å². The molecule has 1 saturated heterocycles. The first kappa shape index (κ1) is 10.8. The van der Waals surface area contributed by atoms with Gasteiger partial charge in [0.05, 0.1) is 12.3 Å². The molecular formula is C12H17BrN2O. The Morgan fingerprint density at radius 2 is 2.31 bits per heavy atom. The van der Waals surface area contributed by atoms with Gasteiger partial charge in [0.1, 0.15) is 10.4 Å². The number of fused-ring (bicyclic) bond motifs is 1. The van der Waals surface area contributed by atoms with Crippen molar-refractivity contribution in [1.29, 1.82) is 0 Å². The summed E-state index contributed by atoms with van der Waals surface area (Å²) in [6.07, 6.45) is 3.68. The highest BCUT2D eigenvalue weighted by Gasteiger charge is 2.29. The van der Waals surface area contributed by atoms with Crippen molar-refractivity contribution in [2.24, 2.45) is 0 Å². The normalized spacial score (nSPS) is 29.4. The van der Waals surface area contributed by atoms with Crippen molar-refractivity contribution in [2.75, 3.05) is 13.2 Å². The predicted molar refractivity (Wildman–Crippen MR) is 65.8 cm³/mol. The van der Waals surface area contributed by atoms with E-state index < -0.39 is 0 Å². The largest absolute Gasteiger partial charge is 0.381 e. The zero-order chi connectivity index (χ0) is 11.1. The third-order valence-electron chi connectivity index (χ3n) is 3.77. The van der Waals surface area contributed by atoms with Crippen LogP contribution in [0.15, 0.2) is 4.60 Å². The smallest absolute Gasteiger partial charge is 0.127 e. The van der Waals surface area contributed by atoms with E-state index in [9.17, 15) is 0 Å². The molecule has 1 aromatic rings. The molecule has 2 atom stereocenters. The summed E-state index contributed by atoms with van der Waals surface area (Å²) < 4.78 is 8.96. The topological polar surface area (TPSA) is 27.1 Å². The summed E-state index contributed by atoms with van der Waals surface area (Å²) >= 11 is 3.62. The van der Waals surface area contributed by atoms with Gasteiger partial charge in [0.15, 0.2) is 0 Å². The molecule has 4 heteroatoms. The fourth-order valence-corrected chi connectivity index (χ4v) is 3.69. The lowest BCUT2D eigenvalue weighted by Crippen LogP contribution is -2.17. The van der Waals surface area contributed by atoms with Crippen LogP contribution in [0.2, 0.25) is 0 Å². The lowest BCUT2D eigenvalue weighted by atomic mass is 9.98. The first-order valence-electron chi connectivity index (χ1n) is 6.11. The van der Waals surface area contributed by atoms with E-state index in [1.54, 1.807) is 0 Å². The fourth-order valence-electron chi connectivity index (χ4n) is 2.90. The number of nitrogens with zero attached hydrogens (tertiary/aromatic N) is 2. The van der Waals surface area contributed by atoms with Crippen molar-refractivity contribution in [3.8, 4) is 0 Å². The number of hydrogen-bond donors (Lipinski definition) is 0. The van der Waals surface area contributed by atoms with Crippen LogP contribution in [-0.4, -0.2) is 22.8 Å². The van der Waals surface area contributed by atoms with Crippen molar-refractivity contribution >= 4 is 15.9 Å². The van der Waals surface area contributed by atoms with Gasteiger partial charge in [-0.05, 0) is 41.1 Å². The van der Waals surface area contributed by atoms with E-state index in [-0.39, 0.29) is 0 Å². The molecule has 0 spiro atoms. The fraction of sp³-hybridized carbons (Fsp3) is 0.750. The summed E-state index contributed by atoms with van der Waals surface area (Å²) in [5.74, 6) is 2.38. The first-order valence-corrected chi connectivity index (χ1v) is 6.90. The number of hydrogen-bond acceptors (Lipinski definition) is 2. The quantitative estimate of drug-likeness (QED) is 0.793. The number of aromatic nitrogens is 2. The molecule has 0 amide bonds. The van der Waals surface area contributed by atoms with Crippen molar-refractivity contribution < 1.29 is 4.74 Å². The summed E-state index contributed by atoms with van der Waals surface area (Å²) in [7, 11) is 0. The van der Waals surface area contributed by atoms with E-state index in [1.807, 2.05) is 0 Å². The molecule has 2 unspecified atom stereocenters. The van der Waals surface area contributed by atoms with E-state index in [0.29, 0.717) is 11.8 Å². The number of halogens is 1. The van der Waals surface area contributed by atoms with Gasteiger partial charge in [0.25, 0.3) is 0 Å². The molecule has 0 aliphatic carbocycles. The van der Waals surface area contributed by atoms with E-state index in [2.05, 4.69) is 27.4 Å². The van der Waals surface area contributed by atoms with Gasteiger partial charge in [-0.25, -0.2) is 4.98 Å². The lowest BCUT2D eigenvalue weighted by Gasteiger charge is -2.23. The van der Waals surface area contributed by atoms with Gasteiger partial charge in [-0.1, -0.05) is 6.92 Å². The average molecular weight is 285 g/mol. The Labute approximate surface area is 104 Å². The van der Waals surface area contributed by atoms with Gasteiger partial charge < -0.3 is 9.30 Å². The lowest BCUT2D eigenvalue weighted by molar-refractivity contribution is 0.192. The Hall–Kier alpha value is -0.350. The minimum atomic E-state index is 0.510. The van der Waals surface area contributed by atoms with E-state index >= 15 is 0 Å². The van der Waals surface area contributed by atoms with Gasteiger partial charge in [0.2, 0.25) is 0 Å². The molecule has 1 fully saturated rings. The molecule has 3 rings (SSSR count). The molecule has 0 saturated carbocycles. The molecule has 16 heavy (non-hydrogen) atoms. The van der Waals surface area contributed by atoms with Gasteiger partial charge in [-0.2, -0.15) is 0 Å². The van der Waals surface area contributed by atoms with Crippen LogP contribution in [0.4, 0.5) is 0 Å². The van der Waals surface area contributed by atoms with Gasteiger partial charge in [-0.3, -0.25) is 0 Å². The number of rotatable bonds is 1. The number of ether oxygens (including phenoxy) is 1. The molecule has 0 bridgehead atoms. The number of imidazole rings is 1. The van der Waals surface area contributed by atoms with E-state index in [0.717, 1.165) is 30.8 Å². The summed E-state index contributed by atoms with van der Waals surface area (Å²) in [5.41, 5.74) is 1.40. The second kappa shape index (κ2) is 4.15. The first-order chi connectivity index (χ1) is 7.77. The van der Waals surface area contributed by atoms with E-state index in [4.69, 9.17) is 9.72 Å². The third-order valence-corrected chi connectivity index (χ3v) is 4.36. The van der Waals surface area contributed by atoms with Crippen LogP contribution in [-0.2, 0) is 11.3 Å². The van der Waals surface area contributed by atoms with Crippen molar-refractivity contribution in [1.82, 2.24) is 9.55 Å². The maximum absolute atomic E-state index is 5.47. The summed E-state index contributed by atoms with van der Waals surface area (Å²) in [5, 5.41) is 0. The van der Waals surface area contributed by atoms with Crippen LogP contribution in [0.25, 0.3) is 0 Å². The second-order valence-electron chi connectivity index (χ2n) is 4.90.